The Morgan fingerprint density at radius 2 is 0.967 bits per heavy atom. The lowest BCUT2D eigenvalue weighted by Crippen LogP contribution is -2.48. The van der Waals surface area contributed by atoms with Crippen molar-refractivity contribution in [3.63, 3.8) is 0 Å². The molecule has 1 heterocycles. The molecule has 0 saturated carbocycles. The van der Waals surface area contributed by atoms with Crippen molar-refractivity contribution >= 4 is 143 Å². The number of hydrogen-bond donors (Lipinski definition) is 13. The van der Waals surface area contributed by atoms with Crippen molar-refractivity contribution in [1.82, 2.24) is 15.1 Å². The van der Waals surface area contributed by atoms with Gasteiger partial charge in [0.25, 0.3) is 16.0 Å². The van der Waals surface area contributed by atoms with Crippen molar-refractivity contribution in [2.45, 2.75) is 42.2 Å². The molecule has 13 N–H and O–H groups in total. The molecule has 0 spiro atoms. The van der Waals surface area contributed by atoms with E-state index in [1.165, 1.54) is 36.4 Å². The summed E-state index contributed by atoms with van der Waals surface area (Å²) in [6.07, 6.45) is -2.46. The van der Waals surface area contributed by atoms with Crippen LogP contribution in [0.15, 0.2) is 223 Å². The Bertz CT molecular complexity index is 5610. The molecule has 13 rings (SSSR count). The van der Waals surface area contributed by atoms with Gasteiger partial charge in [-0.2, -0.15) is 8.42 Å². The number of carbonyl (C=O) groups excluding carboxylic acids is 3. The zero-order valence-corrected chi connectivity index (χ0v) is 65.2. The number of nitrogens with zero attached hydrogens (tertiary/aromatic N) is 2. The number of carbonyl (C=O) groups is 12. The quantitative estimate of drug-likeness (QED) is 0.0123. The van der Waals surface area contributed by atoms with Gasteiger partial charge in [0.2, 0.25) is 0 Å². The average molecular weight is 1700 g/mol. The SMILES string of the molecule is O=C(N[C@@H](Cc1ccccc1)[C@H](O)C(=O)O)OCC1c2ccccc2-c2ccccc21.O=C(O)CCC(=O)c1ccc2ccc3cccc4ccc1c2c34.O=C(O)CN(CCN(CC(=O)O)CC(=O)O)CC(=O)O.O=C(O)c1cccc2c1OCCO2.O=C(O)c1ccccc1C(=O)Nc1ccc(Cl)cc1Cl.O=C(O)c1ccccc1S(=O)(=O)O. The highest BCUT2D eigenvalue weighted by Gasteiger charge is 2.32. The Morgan fingerprint density at radius 1 is 0.483 bits per heavy atom. The van der Waals surface area contributed by atoms with Gasteiger partial charge in [0.1, 0.15) is 30.3 Å². The first-order chi connectivity index (χ1) is 57.1. The number of fused-ring (bicyclic) bond motifs is 4. The van der Waals surface area contributed by atoms with E-state index in [0.29, 0.717) is 41.0 Å². The van der Waals surface area contributed by atoms with Crippen molar-refractivity contribution in [2.75, 3.05) is 64.4 Å². The van der Waals surface area contributed by atoms with Crippen LogP contribution in [0.3, 0.4) is 0 Å². The number of anilines is 1. The lowest BCUT2D eigenvalue weighted by Gasteiger charge is -2.23. The predicted molar refractivity (Wildman–Crippen MR) is 436 cm³/mol. The molecule has 2 atom stereocenters. The summed E-state index contributed by atoms with van der Waals surface area (Å²) in [6, 6.07) is 62.4. The van der Waals surface area contributed by atoms with Crippen LogP contribution in [0.2, 0.25) is 10.0 Å². The second-order valence-electron chi connectivity index (χ2n) is 26.2. The summed E-state index contributed by atoms with van der Waals surface area (Å²) in [4.78, 5) is 135. The van der Waals surface area contributed by atoms with E-state index in [-0.39, 0.29) is 72.4 Å². The number of halogens is 2. The second-order valence-corrected chi connectivity index (χ2v) is 28.4. The molecule has 0 bridgehead atoms. The number of aliphatic hydroxyl groups excluding tert-OH is 1. The second kappa shape index (κ2) is 43.3. The van der Waals surface area contributed by atoms with Crippen molar-refractivity contribution in [1.29, 1.82) is 0 Å². The van der Waals surface area contributed by atoms with Gasteiger partial charge in [0.05, 0.1) is 66.0 Å². The molecule has 0 aromatic heterocycles. The molecule has 624 valence electrons. The van der Waals surface area contributed by atoms with Gasteiger partial charge in [0.15, 0.2) is 23.4 Å². The molecular formula is C85H76Cl2N4O28S. The van der Waals surface area contributed by atoms with E-state index in [0.717, 1.165) is 82.1 Å². The van der Waals surface area contributed by atoms with Gasteiger partial charge in [-0.05, 0) is 121 Å². The Morgan fingerprint density at radius 3 is 1.49 bits per heavy atom. The van der Waals surface area contributed by atoms with Gasteiger partial charge in [-0.1, -0.05) is 187 Å². The fraction of sp³-hybridized carbons (Fsp3) is 0.176. The van der Waals surface area contributed by atoms with E-state index in [1.807, 2.05) is 97.1 Å². The van der Waals surface area contributed by atoms with Gasteiger partial charge in [-0.25, -0.2) is 24.0 Å². The van der Waals surface area contributed by atoms with E-state index in [2.05, 4.69) is 34.9 Å². The number of nitrogens with one attached hydrogen (secondary N) is 2. The highest BCUT2D eigenvalue weighted by atomic mass is 35.5. The number of rotatable bonds is 28. The number of aromatic carboxylic acids is 3. The molecule has 11 aromatic rings. The van der Waals surface area contributed by atoms with Gasteiger partial charge in [-0.3, -0.25) is 47.9 Å². The number of alkyl carbamates (subject to hydrolysis) is 1. The number of amides is 2. The maximum absolute atomic E-state index is 12.5. The first-order valence-electron chi connectivity index (χ1n) is 35.9. The van der Waals surface area contributed by atoms with Crippen LogP contribution in [0.4, 0.5) is 10.5 Å². The molecule has 2 aliphatic rings. The van der Waals surface area contributed by atoms with Crippen LogP contribution >= 0.6 is 23.2 Å². The number of ether oxygens (including phenoxy) is 3. The van der Waals surface area contributed by atoms with Gasteiger partial charge >= 0.3 is 59.8 Å². The van der Waals surface area contributed by atoms with E-state index >= 15 is 0 Å². The molecule has 0 unspecified atom stereocenters. The third-order valence-electron chi connectivity index (χ3n) is 17.9. The predicted octanol–water partition coefficient (Wildman–Crippen LogP) is 11.9. The van der Waals surface area contributed by atoms with Gasteiger partial charge in [0, 0.05) is 36.0 Å². The number of aliphatic hydroxyl groups is 1. The summed E-state index contributed by atoms with van der Waals surface area (Å²) in [7, 11) is -4.46. The fourth-order valence-corrected chi connectivity index (χ4v) is 13.8. The van der Waals surface area contributed by atoms with E-state index in [4.69, 9.17) is 82.8 Å². The summed E-state index contributed by atoms with van der Waals surface area (Å²) < 4.78 is 45.8. The molecule has 32 nitrogen and oxygen atoms in total. The number of ketones is 1. The maximum atomic E-state index is 12.5. The molecule has 1 aliphatic carbocycles. The van der Waals surface area contributed by atoms with Crippen LogP contribution in [0.25, 0.3) is 43.4 Å². The normalized spacial score (nSPS) is 12.1. The summed E-state index contributed by atoms with van der Waals surface area (Å²) in [5.41, 5.74) is 5.88. The lowest BCUT2D eigenvalue weighted by molar-refractivity contribution is -0.148. The highest BCUT2D eigenvalue weighted by molar-refractivity contribution is 7.86. The van der Waals surface area contributed by atoms with Crippen LogP contribution in [0, 0.1) is 0 Å². The Labute approximate surface area is 692 Å². The minimum atomic E-state index is -4.46. The number of para-hydroxylation sites is 1. The molecular weight excluding hydrogens is 1630 g/mol. The molecule has 1 aliphatic heterocycles. The zero-order valence-electron chi connectivity index (χ0n) is 62.9. The van der Waals surface area contributed by atoms with Crippen LogP contribution in [0.1, 0.15) is 87.2 Å². The van der Waals surface area contributed by atoms with E-state index in [9.17, 15) is 76.2 Å². The topological polar surface area (TPSA) is 520 Å². The fourth-order valence-electron chi connectivity index (χ4n) is 12.6. The van der Waals surface area contributed by atoms with Crippen molar-refractivity contribution in [2.24, 2.45) is 0 Å². The van der Waals surface area contributed by atoms with Gasteiger partial charge < -0.3 is 75.9 Å². The van der Waals surface area contributed by atoms with E-state index < -0.39 is 125 Å². The standard InChI is InChI=1S/C25H23NO5.C20H14O3.C14H9Cl2NO3.C10H16N2O8.C9H8O4.C7H6O5S/c27-23(24(28)29)22(14-16-8-2-1-3-9-16)26-25(30)31-15-21-19-12-6-4-10-17(19)18-11-5-7-13-20(18)21;21-17(10-11-18(22)23)15-8-6-14-5-4-12-2-1-3-13-7-9-16(15)20(14)19(12)13;15-8-5-6-12(11(16)7-8)17-13(18)9-3-1-2-4-10(9)14(19)20;13-7(14)3-11(4-8(15)16)1-2-12(5-9(17)18)6-10(19)20;10-9(11)6-2-1-3-7-8(6)13-5-4-12-7;8-7(9)5-3-1-2-4-6(5)13(10,11)12/h1-13,21-23,27H,14-15H2,(H,26,30)(H,28,29);1-9H,10-11H2,(H,22,23);1-7H,(H,17,18)(H,19,20);1-6H2,(H,13,14)(H,15,16)(H,17,18)(H,19,20);1-3H,4-5H2,(H,10,11);1-4H,(H,8,9)(H,10,11,12)/t22-,23-;;;;;/m0...../s1. The summed E-state index contributed by atoms with van der Waals surface area (Å²) in [5.74, 6) is -10.8. The maximum Gasteiger partial charge on any atom is 0.407 e. The summed E-state index contributed by atoms with van der Waals surface area (Å²) in [6.45, 7) is -1.27. The van der Waals surface area contributed by atoms with Crippen molar-refractivity contribution in [3.8, 4) is 22.6 Å². The monoisotopic (exact) mass is 1700 g/mol. The molecule has 0 radical (unpaired) electrons. The number of benzene rings is 11. The third-order valence-corrected chi connectivity index (χ3v) is 19.4. The highest BCUT2D eigenvalue weighted by Crippen LogP contribution is 2.45. The number of Topliss-reactive ketones (excluding diaryl/α,β-unsaturated/α-hetero) is 1. The lowest BCUT2D eigenvalue weighted by atomic mass is 9.90. The smallest absolute Gasteiger partial charge is 0.407 e. The van der Waals surface area contributed by atoms with Crippen LogP contribution in [0.5, 0.6) is 11.5 Å². The third kappa shape index (κ3) is 26.0. The van der Waals surface area contributed by atoms with Crippen LogP contribution in [-0.2, 0) is 50.0 Å². The van der Waals surface area contributed by atoms with E-state index in [1.54, 1.807) is 48.5 Å². The first-order valence-corrected chi connectivity index (χ1v) is 38.1. The Kier molecular flexibility index (Phi) is 33.1. The average Bonchev–Trinajstić information content (AvgIpc) is 0.966. The number of aliphatic carboxylic acids is 6. The molecule has 120 heavy (non-hydrogen) atoms. The zero-order chi connectivity index (χ0) is 87.5. The Hall–Kier alpha value is -13.9. The van der Waals surface area contributed by atoms with Crippen molar-refractivity contribution < 1.29 is 136 Å². The molecule has 11 aromatic carbocycles. The largest absolute Gasteiger partial charge is 0.486 e. The Balaban J connectivity index is 0.000000184. The first kappa shape index (κ1) is 91.6. The molecule has 35 heteroatoms. The number of carboxylic acids is 9. The van der Waals surface area contributed by atoms with Gasteiger partial charge in [-0.15, -0.1) is 0 Å². The molecule has 0 saturated heterocycles. The summed E-state index contributed by atoms with van der Waals surface area (Å²) in [5, 5.41) is 101. The van der Waals surface area contributed by atoms with Crippen LogP contribution in [-0.4, -0.2) is 217 Å². The van der Waals surface area contributed by atoms with Crippen molar-refractivity contribution in [3.05, 3.63) is 273 Å². The molecule has 0 fully saturated rings. The van der Waals surface area contributed by atoms with Crippen LogP contribution < -0.4 is 20.1 Å². The molecule has 2 amide bonds. The minimum absolute atomic E-state index is 0.0271. The number of carboxylic acid groups (broad SMARTS) is 9. The summed E-state index contributed by atoms with van der Waals surface area (Å²) >= 11 is 11.7. The minimum Gasteiger partial charge on any atom is -0.486 e. The number of hydrogen-bond acceptors (Lipinski definition) is 20.